The van der Waals surface area contributed by atoms with E-state index < -0.39 is 5.97 Å². The molecule has 0 N–H and O–H groups in total. The van der Waals surface area contributed by atoms with Crippen molar-refractivity contribution in [3.63, 3.8) is 0 Å². The van der Waals surface area contributed by atoms with E-state index in [4.69, 9.17) is 9.26 Å². The third kappa shape index (κ3) is 4.37. The minimum absolute atomic E-state index is 0.0344. The van der Waals surface area contributed by atoms with E-state index in [2.05, 4.69) is 41.2 Å². The van der Waals surface area contributed by atoms with Crippen molar-refractivity contribution in [1.82, 2.24) is 19.9 Å². The molecule has 0 aliphatic carbocycles. The van der Waals surface area contributed by atoms with Gasteiger partial charge in [-0.2, -0.15) is 10.1 Å². The summed E-state index contributed by atoms with van der Waals surface area (Å²) in [5.41, 5.74) is 2.05. The topological polar surface area (TPSA) is 83.0 Å². The highest BCUT2D eigenvalue weighted by Gasteiger charge is 2.18. The van der Waals surface area contributed by atoms with Crippen LogP contribution in [0.4, 0.5) is 0 Å². The quantitative estimate of drug-likeness (QED) is 0.420. The molecule has 0 atom stereocenters. The predicted octanol–water partition coefficient (Wildman–Crippen LogP) is 4.39. The number of esters is 1. The Morgan fingerprint density at radius 2 is 2.07 bits per heavy atom. The van der Waals surface area contributed by atoms with E-state index in [-0.39, 0.29) is 6.61 Å². The first-order chi connectivity index (χ1) is 14.0. The fourth-order valence-electron chi connectivity index (χ4n) is 3.07. The van der Waals surface area contributed by atoms with Crippen molar-refractivity contribution < 1.29 is 14.1 Å². The van der Waals surface area contributed by atoms with E-state index in [1.165, 1.54) is 11.3 Å². The van der Waals surface area contributed by atoms with Crippen molar-refractivity contribution in [1.29, 1.82) is 0 Å². The molecule has 0 bridgehead atoms. The minimum atomic E-state index is -0.402. The lowest BCUT2D eigenvalue weighted by atomic mass is 10.1. The lowest BCUT2D eigenvalue weighted by Crippen LogP contribution is -2.04. The molecule has 0 aliphatic heterocycles. The molecule has 4 aromatic rings. The number of rotatable bonds is 7. The Kier molecular flexibility index (Phi) is 5.44. The third-order valence-electron chi connectivity index (χ3n) is 4.41. The van der Waals surface area contributed by atoms with Gasteiger partial charge in [-0.15, -0.1) is 11.3 Å². The number of fused-ring (bicyclic) bond motifs is 1. The van der Waals surface area contributed by atoms with E-state index in [9.17, 15) is 4.79 Å². The maximum absolute atomic E-state index is 12.5. The molecular weight excluding hydrogens is 388 g/mol. The summed E-state index contributed by atoms with van der Waals surface area (Å²) in [5.74, 6) is 0.965. The Bertz CT molecular complexity index is 1130. The molecule has 7 nitrogen and oxygen atoms in total. The maximum atomic E-state index is 12.5. The van der Waals surface area contributed by atoms with E-state index >= 15 is 0 Å². The van der Waals surface area contributed by atoms with Crippen molar-refractivity contribution in [2.24, 2.45) is 5.92 Å². The highest BCUT2D eigenvalue weighted by atomic mass is 32.1. The zero-order valence-corrected chi connectivity index (χ0v) is 17.4. The van der Waals surface area contributed by atoms with Crippen molar-refractivity contribution in [3.8, 4) is 0 Å². The normalized spacial score (nSPS) is 11.4. The van der Waals surface area contributed by atoms with Gasteiger partial charge >= 0.3 is 5.97 Å². The molecule has 0 unspecified atom stereocenters. The molecule has 4 rings (SSSR count). The predicted molar refractivity (Wildman–Crippen MR) is 110 cm³/mol. The number of hydrogen-bond acceptors (Lipinski definition) is 7. The monoisotopic (exact) mass is 410 g/mol. The number of ether oxygens (including phenoxy) is 1. The van der Waals surface area contributed by atoms with Gasteiger partial charge in [0, 0.05) is 11.8 Å². The van der Waals surface area contributed by atoms with Crippen LogP contribution in [0.3, 0.4) is 0 Å². The number of thiophene rings is 1. The van der Waals surface area contributed by atoms with E-state index in [1.807, 2.05) is 35.9 Å². The molecule has 3 heterocycles. The minimum Gasteiger partial charge on any atom is -0.451 e. The second-order valence-corrected chi connectivity index (χ2v) is 8.37. The zero-order valence-electron chi connectivity index (χ0n) is 16.6. The van der Waals surface area contributed by atoms with Crippen LogP contribution >= 0.6 is 11.3 Å². The van der Waals surface area contributed by atoms with Crippen molar-refractivity contribution in [2.45, 2.75) is 40.3 Å². The van der Waals surface area contributed by atoms with Crippen LogP contribution in [0.1, 0.15) is 46.5 Å². The summed E-state index contributed by atoms with van der Waals surface area (Å²) >= 11 is 1.38. The van der Waals surface area contributed by atoms with Crippen LogP contribution in [-0.2, 0) is 24.3 Å². The summed E-state index contributed by atoms with van der Waals surface area (Å²) in [6, 6.07) is 12.0. The standard InChI is InChI=1S/C21H22N4O3S/c1-13(2)9-18-22-19(28-24-18)12-27-21(26)17-10-16-14(3)23-25(20(16)29-17)11-15-7-5-4-6-8-15/h4-8,10,13H,9,11-12H2,1-3H3. The first kappa shape index (κ1) is 19.3. The lowest BCUT2D eigenvalue weighted by molar-refractivity contribution is 0.0435. The molecule has 29 heavy (non-hydrogen) atoms. The van der Waals surface area contributed by atoms with Crippen molar-refractivity contribution in [3.05, 3.63) is 64.2 Å². The van der Waals surface area contributed by atoms with Crippen LogP contribution in [0.15, 0.2) is 40.9 Å². The molecule has 0 fully saturated rings. The average Bonchev–Trinajstić information content (AvgIpc) is 3.38. The molecular formula is C21H22N4O3S. The number of carbonyl (C=O) groups excluding carboxylic acids is 1. The van der Waals surface area contributed by atoms with Crippen LogP contribution in [0.5, 0.6) is 0 Å². The molecule has 1 aromatic carbocycles. The Hall–Kier alpha value is -3.00. The molecule has 0 spiro atoms. The van der Waals surface area contributed by atoms with Gasteiger partial charge in [-0.1, -0.05) is 49.3 Å². The van der Waals surface area contributed by atoms with Gasteiger partial charge in [-0.05, 0) is 24.5 Å². The van der Waals surface area contributed by atoms with Crippen LogP contribution < -0.4 is 0 Å². The Labute approximate surface area is 172 Å². The van der Waals surface area contributed by atoms with Crippen molar-refractivity contribution in [2.75, 3.05) is 0 Å². The first-order valence-electron chi connectivity index (χ1n) is 9.49. The first-order valence-corrected chi connectivity index (χ1v) is 10.3. The fraction of sp³-hybridized carbons (Fsp3) is 0.333. The van der Waals surface area contributed by atoms with Gasteiger partial charge in [-0.25, -0.2) is 4.79 Å². The molecule has 0 saturated heterocycles. The Balaban J connectivity index is 1.47. The SMILES string of the molecule is Cc1nn(Cc2ccccc2)c2sc(C(=O)OCc3nc(CC(C)C)no3)cc12. The van der Waals surface area contributed by atoms with E-state index in [1.54, 1.807) is 0 Å². The zero-order chi connectivity index (χ0) is 20.4. The molecule has 0 radical (unpaired) electrons. The highest BCUT2D eigenvalue weighted by molar-refractivity contribution is 7.20. The second kappa shape index (κ2) is 8.16. The largest absolute Gasteiger partial charge is 0.451 e. The maximum Gasteiger partial charge on any atom is 0.348 e. The van der Waals surface area contributed by atoms with Crippen LogP contribution in [0.2, 0.25) is 0 Å². The summed E-state index contributed by atoms with van der Waals surface area (Å²) in [5, 5.41) is 9.48. The Morgan fingerprint density at radius 3 is 2.83 bits per heavy atom. The summed E-state index contributed by atoms with van der Waals surface area (Å²) in [6.45, 7) is 6.73. The molecule has 8 heteroatoms. The van der Waals surface area contributed by atoms with Crippen LogP contribution in [0.25, 0.3) is 10.2 Å². The number of hydrogen-bond donors (Lipinski definition) is 0. The third-order valence-corrected chi connectivity index (χ3v) is 5.54. The fourth-order valence-corrected chi connectivity index (χ4v) is 4.13. The summed E-state index contributed by atoms with van der Waals surface area (Å²) < 4.78 is 12.5. The summed E-state index contributed by atoms with van der Waals surface area (Å²) in [6.07, 6.45) is 0.727. The van der Waals surface area contributed by atoms with Gasteiger partial charge in [0.2, 0.25) is 0 Å². The molecule has 0 amide bonds. The van der Waals surface area contributed by atoms with Gasteiger partial charge in [0.25, 0.3) is 5.89 Å². The van der Waals surface area contributed by atoms with Gasteiger partial charge in [0.1, 0.15) is 9.71 Å². The van der Waals surface area contributed by atoms with Crippen LogP contribution in [0, 0.1) is 12.8 Å². The highest BCUT2D eigenvalue weighted by Crippen LogP contribution is 2.29. The van der Waals surface area contributed by atoms with E-state index in [0.717, 1.165) is 27.9 Å². The molecule has 150 valence electrons. The van der Waals surface area contributed by atoms with Gasteiger partial charge < -0.3 is 9.26 Å². The van der Waals surface area contributed by atoms with Gasteiger partial charge in [-0.3, -0.25) is 4.68 Å². The van der Waals surface area contributed by atoms with Crippen LogP contribution in [-0.4, -0.2) is 25.9 Å². The van der Waals surface area contributed by atoms with Gasteiger partial charge in [0.15, 0.2) is 12.4 Å². The smallest absolute Gasteiger partial charge is 0.348 e. The Morgan fingerprint density at radius 1 is 1.28 bits per heavy atom. The number of benzene rings is 1. The lowest BCUT2D eigenvalue weighted by Gasteiger charge is -2.02. The molecule has 3 aromatic heterocycles. The number of nitrogens with zero attached hydrogens (tertiary/aromatic N) is 4. The number of aromatic nitrogens is 4. The number of carbonyl (C=O) groups is 1. The van der Waals surface area contributed by atoms with Gasteiger partial charge in [0.05, 0.1) is 12.2 Å². The summed E-state index contributed by atoms with van der Waals surface area (Å²) in [7, 11) is 0. The van der Waals surface area contributed by atoms with E-state index in [0.29, 0.717) is 29.1 Å². The summed E-state index contributed by atoms with van der Waals surface area (Å²) in [4.78, 5) is 18.3. The molecule has 0 saturated carbocycles. The average molecular weight is 410 g/mol. The number of aryl methyl sites for hydroxylation is 1. The van der Waals surface area contributed by atoms with Crippen molar-refractivity contribution >= 4 is 27.5 Å². The second-order valence-electron chi connectivity index (χ2n) is 7.34. The molecule has 0 aliphatic rings.